The number of anilines is 3. The number of halogens is 1. The van der Waals surface area contributed by atoms with Crippen molar-refractivity contribution in [3.63, 3.8) is 0 Å². The first kappa shape index (κ1) is 23.3. The van der Waals surface area contributed by atoms with Crippen LogP contribution in [0.5, 0.6) is 0 Å². The molecule has 2 aliphatic heterocycles. The molecule has 3 heterocycles. The topological polar surface area (TPSA) is 56.8 Å². The molecule has 6 nitrogen and oxygen atoms in total. The van der Waals surface area contributed by atoms with Gasteiger partial charge in [-0.1, -0.05) is 72.3 Å². The van der Waals surface area contributed by atoms with E-state index in [9.17, 15) is 9.59 Å². The molecule has 184 valence electrons. The second-order valence-electron chi connectivity index (χ2n) is 9.42. The van der Waals surface area contributed by atoms with Crippen LogP contribution >= 0.6 is 11.6 Å². The van der Waals surface area contributed by atoms with Crippen LogP contribution in [0.2, 0.25) is 5.02 Å². The van der Waals surface area contributed by atoms with Crippen molar-refractivity contribution in [1.29, 1.82) is 0 Å². The third kappa shape index (κ3) is 3.85. The maximum atomic E-state index is 13.8. The number of nitrogens with zero attached hydrogens (tertiary/aromatic N) is 4. The molecular weight excluding hydrogens is 484 g/mol. The molecule has 0 fully saturated rings. The zero-order valence-electron chi connectivity index (χ0n) is 20.5. The number of carbonyl (C=O) groups excluding carboxylic acids is 2. The fraction of sp³-hybridized carbons (Fsp3) is 0.167. The predicted molar refractivity (Wildman–Crippen MR) is 146 cm³/mol. The number of pyridine rings is 1. The minimum Gasteiger partial charge on any atom is -0.339 e. The van der Waals surface area contributed by atoms with Crippen LogP contribution in [0.4, 0.5) is 17.3 Å². The van der Waals surface area contributed by atoms with Crippen molar-refractivity contribution in [2.45, 2.75) is 25.6 Å². The number of fused-ring (bicyclic) bond motifs is 2. The summed E-state index contributed by atoms with van der Waals surface area (Å²) in [7, 11) is 1.77. The molecule has 0 N–H and O–H groups in total. The van der Waals surface area contributed by atoms with Gasteiger partial charge in [0.25, 0.3) is 5.91 Å². The molecule has 37 heavy (non-hydrogen) atoms. The van der Waals surface area contributed by atoms with Gasteiger partial charge < -0.3 is 9.80 Å². The number of hydrogen-bond donors (Lipinski definition) is 0. The Kier molecular flexibility index (Phi) is 5.69. The quantitative estimate of drug-likeness (QED) is 0.346. The normalized spacial score (nSPS) is 18.7. The Morgan fingerprint density at radius 1 is 0.865 bits per heavy atom. The molecule has 0 bridgehead atoms. The molecule has 2 amide bonds. The van der Waals surface area contributed by atoms with E-state index in [1.165, 1.54) is 0 Å². The predicted octanol–water partition coefficient (Wildman–Crippen LogP) is 5.86. The maximum absolute atomic E-state index is 13.8. The first-order valence-electron chi connectivity index (χ1n) is 12.2. The molecule has 2 atom stereocenters. The zero-order valence-corrected chi connectivity index (χ0v) is 21.3. The van der Waals surface area contributed by atoms with E-state index in [4.69, 9.17) is 16.6 Å². The molecule has 6 rings (SSSR count). The van der Waals surface area contributed by atoms with Gasteiger partial charge in [-0.3, -0.25) is 14.5 Å². The van der Waals surface area contributed by atoms with Crippen LogP contribution < -0.4 is 14.7 Å². The maximum Gasteiger partial charge on any atom is 0.260 e. The van der Waals surface area contributed by atoms with E-state index < -0.39 is 6.04 Å². The van der Waals surface area contributed by atoms with Gasteiger partial charge in [0.15, 0.2) is 5.82 Å². The molecule has 4 aromatic rings. The molecule has 0 spiro atoms. The van der Waals surface area contributed by atoms with Gasteiger partial charge in [-0.05, 0) is 53.9 Å². The highest BCUT2D eigenvalue weighted by atomic mass is 35.5. The lowest BCUT2D eigenvalue weighted by Gasteiger charge is -2.40. The van der Waals surface area contributed by atoms with Gasteiger partial charge in [0.1, 0.15) is 11.9 Å². The molecule has 0 saturated heterocycles. The summed E-state index contributed by atoms with van der Waals surface area (Å²) < 4.78 is 0. The Hall–Kier alpha value is -4.16. The van der Waals surface area contributed by atoms with Gasteiger partial charge in [-0.15, -0.1) is 0 Å². The molecule has 0 saturated carbocycles. The molecular formula is C30H25ClN4O2. The van der Waals surface area contributed by atoms with Crippen LogP contribution in [0.15, 0.2) is 91.0 Å². The Labute approximate surface area is 220 Å². The van der Waals surface area contributed by atoms with Crippen LogP contribution in [-0.4, -0.2) is 29.9 Å². The first-order valence-corrected chi connectivity index (χ1v) is 12.6. The van der Waals surface area contributed by atoms with E-state index >= 15 is 0 Å². The lowest BCUT2D eigenvalue weighted by atomic mass is 9.98. The molecule has 0 radical (unpaired) electrons. The molecule has 1 aromatic heterocycles. The number of aromatic nitrogens is 1. The second-order valence-corrected chi connectivity index (χ2v) is 9.85. The van der Waals surface area contributed by atoms with Gasteiger partial charge in [-0.25, -0.2) is 4.98 Å². The van der Waals surface area contributed by atoms with Crippen molar-refractivity contribution < 1.29 is 9.59 Å². The standard InChI is InChI=1S/C30H25ClN4O2/c1-19-29(36)33(2)25-16-17-26(32-28(25)34(19)18-20-8-4-3-5-9-20)35-27(21-12-14-22(31)15-13-21)23-10-6-7-11-24(23)30(35)37/h3-17,19,27H,18H2,1-2H3. The minimum absolute atomic E-state index is 0.00155. The van der Waals surface area contributed by atoms with E-state index in [2.05, 4.69) is 0 Å². The summed E-state index contributed by atoms with van der Waals surface area (Å²) in [6, 6.07) is 28.2. The Bertz CT molecular complexity index is 1510. The number of likely N-dealkylation sites (N-methyl/N-ethyl adjacent to an activating group) is 1. The van der Waals surface area contributed by atoms with Crippen LogP contribution in [0.3, 0.4) is 0 Å². The highest BCUT2D eigenvalue weighted by Crippen LogP contribution is 2.43. The fourth-order valence-electron chi connectivity index (χ4n) is 5.27. The average Bonchev–Trinajstić information content (AvgIpc) is 3.23. The zero-order chi connectivity index (χ0) is 25.7. The molecule has 7 heteroatoms. The van der Waals surface area contributed by atoms with Crippen LogP contribution in [-0.2, 0) is 11.3 Å². The number of benzene rings is 3. The van der Waals surface area contributed by atoms with E-state index in [0.717, 1.165) is 22.4 Å². The third-order valence-electron chi connectivity index (χ3n) is 7.22. The van der Waals surface area contributed by atoms with Gasteiger partial charge in [0, 0.05) is 24.2 Å². The fourth-order valence-corrected chi connectivity index (χ4v) is 5.40. The number of rotatable bonds is 4. The van der Waals surface area contributed by atoms with Crippen LogP contribution in [0.25, 0.3) is 0 Å². The lowest BCUT2D eigenvalue weighted by Crippen LogP contribution is -2.51. The summed E-state index contributed by atoms with van der Waals surface area (Å²) in [4.78, 5) is 37.3. The van der Waals surface area contributed by atoms with Gasteiger partial charge in [0.2, 0.25) is 5.91 Å². The van der Waals surface area contributed by atoms with Crippen molar-refractivity contribution in [2.75, 3.05) is 21.7 Å². The van der Waals surface area contributed by atoms with E-state index in [1.807, 2.05) is 103 Å². The van der Waals surface area contributed by atoms with Crippen molar-refractivity contribution in [1.82, 2.24) is 4.98 Å². The van der Waals surface area contributed by atoms with Gasteiger partial charge in [-0.2, -0.15) is 0 Å². The minimum atomic E-state index is -0.404. The lowest BCUT2D eigenvalue weighted by molar-refractivity contribution is -0.119. The monoisotopic (exact) mass is 508 g/mol. The van der Waals surface area contributed by atoms with Crippen LogP contribution in [0.1, 0.15) is 40.0 Å². The SMILES string of the molecule is CC1C(=O)N(C)c2ccc(N3C(=O)c4ccccc4C3c3ccc(Cl)cc3)nc2N1Cc1ccccc1. The average molecular weight is 509 g/mol. The highest BCUT2D eigenvalue weighted by Gasteiger charge is 2.41. The molecule has 2 aliphatic rings. The summed E-state index contributed by atoms with van der Waals surface area (Å²) in [5, 5.41) is 0.637. The summed E-state index contributed by atoms with van der Waals surface area (Å²) in [5.74, 6) is 1.11. The summed E-state index contributed by atoms with van der Waals surface area (Å²) >= 11 is 6.17. The smallest absolute Gasteiger partial charge is 0.260 e. The number of carbonyl (C=O) groups is 2. The van der Waals surface area contributed by atoms with Crippen molar-refractivity contribution >= 4 is 40.7 Å². The van der Waals surface area contributed by atoms with E-state index in [1.54, 1.807) is 16.8 Å². The van der Waals surface area contributed by atoms with Gasteiger partial charge in [0.05, 0.1) is 11.7 Å². The number of hydrogen-bond acceptors (Lipinski definition) is 4. The van der Waals surface area contributed by atoms with Crippen molar-refractivity contribution in [3.8, 4) is 0 Å². The Morgan fingerprint density at radius 3 is 2.32 bits per heavy atom. The highest BCUT2D eigenvalue weighted by molar-refractivity contribution is 6.30. The van der Waals surface area contributed by atoms with Crippen molar-refractivity contribution in [2.24, 2.45) is 0 Å². The van der Waals surface area contributed by atoms with Gasteiger partial charge >= 0.3 is 0 Å². The molecule has 2 unspecified atom stereocenters. The van der Waals surface area contributed by atoms with E-state index in [0.29, 0.717) is 28.8 Å². The molecule has 0 aliphatic carbocycles. The Balaban J connectivity index is 1.48. The second kappa shape index (κ2) is 9.05. The summed E-state index contributed by atoms with van der Waals surface area (Å²) in [5.41, 5.74) is 4.33. The first-order chi connectivity index (χ1) is 17.9. The van der Waals surface area contributed by atoms with Crippen molar-refractivity contribution in [3.05, 3.63) is 118 Å². The third-order valence-corrected chi connectivity index (χ3v) is 7.47. The van der Waals surface area contributed by atoms with E-state index in [-0.39, 0.29) is 17.9 Å². The molecule has 3 aromatic carbocycles. The summed E-state index contributed by atoms with van der Waals surface area (Å²) in [6.07, 6.45) is 0. The Morgan fingerprint density at radius 2 is 1.57 bits per heavy atom. The summed E-state index contributed by atoms with van der Waals surface area (Å²) in [6.45, 7) is 2.42. The van der Waals surface area contributed by atoms with Crippen LogP contribution in [0, 0.1) is 0 Å². The number of amides is 2. The largest absolute Gasteiger partial charge is 0.339 e.